The Labute approximate surface area is 96.0 Å². The summed E-state index contributed by atoms with van der Waals surface area (Å²) in [5.41, 5.74) is 0.379. The molecule has 0 bridgehead atoms. The van der Waals surface area contributed by atoms with Crippen LogP contribution in [0.3, 0.4) is 0 Å². The van der Waals surface area contributed by atoms with Gasteiger partial charge in [0.2, 0.25) is 0 Å². The van der Waals surface area contributed by atoms with Crippen molar-refractivity contribution in [1.82, 2.24) is 4.98 Å². The van der Waals surface area contributed by atoms with Gasteiger partial charge >= 0.3 is 5.97 Å². The number of hydrogen-bond acceptors (Lipinski definition) is 3. The van der Waals surface area contributed by atoms with E-state index in [1.165, 1.54) is 30.6 Å². The van der Waals surface area contributed by atoms with Crippen LogP contribution in [0, 0.1) is 5.82 Å². The van der Waals surface area contributed by atoms with Crippen LogP contribution in [0.5, 0.6) is 5.75 Å². The number of aromatic hydroxyl groups is 1. The van der Waals surface area contributed by atoms with Crippen LogP contribution in [0.1, 0.15) is 10.4 Å². The number of halogens is 1. The van der Waals surface area contributed by atoms with Crippen molar-refractivity contribution in [3.63, 3.8) is 0 Å². The fraction of sp³-hybridized carbons (Fsp3) is 0. The van der Waals surface area contributed by atoms with E-state index in [0.29, 0.717) is 5.56 Å². The number of benzene rings is 1. The van der Waals surface area contributed by atoms with Crippen molar-refractivity contribution in [3.8, 4) is 16.9 Å². The van der Waals surface area contributed by atoms with E-state index in [4.69, 9.17) is 5.11 Å². The largest absolute Gasteiger partial charge is 0.508 e. The molecule has 0 atom stereocenters. The first-order valence-electron chi connectivity index (χ1n) is 4.75. The topological polar surface area (TPSA) is 70.4 Å². The Morgan fingerprint density at radius 2 is 2.00 bits per heavy atom. The molecule has 1 heterocycles. The predicted molar refractivity (Wildman–Crippen MR) is 58.3 cm³/mol. The molecule has 0 radical (unpaired) electrons. The summed E-state index contributed by atoms with van der Waals surface area (Å²) < 4.78 is 13.5. The Morgan fingerprint density at radius 1 is 1.24 bits per heavy atom. The second kappa shape index (κ2) is 4.21. The third kappa shape index (κ3) is 2.23. The van der Waals surface area contributed by atoms with Crippen LogP contribution < -0.4 is 0 Å². The van der Waals surface area contributed by atoms with Crippen LogP contribution in [0.4, 0.5) is 4.39 Å². The van der Waals surface area contributed by atoms with Crippen molar-refractivity contribution in [2.75, 3.05) is 0 Å². The van der Waals surface area contributed by atoms with E-state index in [9.17, 15) is 14.3 Å². The van der Waals surface area contributed by atoms with E-state index in [1.54, 1.807) is 0 Å². The number of phenolic OH excluding ortho intramolecular Hbond substituents is 1. The lowest BCUT2D eigenvalue weighted by Gasteiger charge is -2.04. The van der Waals surface area contributed by atoms with Crippen LogP contribution in [0.25, 0.3) is 11.1 Å². The van der Waals surface area contributed by atoms with Crippen LogP contribution in [0.15, 0.2) is 36.7 Å². The molecule has 0 amide bonds. The van der Waals surface area contributed by atoms with Gasteiger partial charge < -0.3 is 10.2 Å². The van der Waals surface area contributed by atoms with Gasteiger partial charge in [-0.1, -0.05) is 0 Å². The molecule has 2 aromatic rings. The summed E-state index contributed by atoms with van der Waals surface area (Å²) >= 11 is 0. The van der Waals surface area contributed by atoms with E-state index in [2.05, 4.69) is 4.98 Å². The van der Waals surface area contributed by atoms with Crippen molar-refractivity contribution < 1.29 is 19.4 Å². The number of rotatable bonds is 2. The molecular formula is C12H8FNO3. The number of carboxylic acids is 1. The van der Waals surface area contributed by atoms with Crippen molar-refractivity contribution in [1.29, 1.82) is 0 Å². The SMILES string of the molecule is O=C(O)c1cncc(-c2cc(O)ccc2F)c1. The molecule has 0 unspecified atom stereocenters. The lowest BCUT2D eigenvalue weighted by Crippen LogP contribution is -1.97. The number of carboxylic acid groups (broad SMARTS) is 1. The smallest absolute Gasteiger partial charge is 0.337 e. The highest BCUT2D eigenvalue weighted by molar-refractivity contribution is 5.88. The molecule has 86 valence electrons. The fourth-order valence-corrected chi connectivity index (χ4v) is 1.44. The molecule has 1 aromatic carbocycles. The lowest BCUT2D eigenvalue weighted by molar-refractivity contribution is 0.0696. The van der Waals surface area contributed by atoms with Gasteiger partial charge in [-0.05, 0) is 24.3 Å². The van der Waals surface area contributed by atoms with Crippen molar-refractivity contribution in [3.05, 3.63) is 48.0 Å². The maximum Gasteiger partial charge on any atom is 0.337 e. The molecule has 4 nitrogen and oxygen atoms in total. The van der Waals surface area contributed by atoms with Gasteiger partial charge in [0.05, 0.1) is 5.56 Å². The Bertz CT molecular complexity index is 584. The molecule has 0 saturated heterocycles. The number of nitrogens with zero attached hydrogens (tertiary/aromatic N) is 1. The van der Waals surface area contributed by atoms with E-state index in [-0.39, 0.29) is 16.9 Å². The molecular weight excluding hydrogens is 225 g/mol. The molecule has 2 N–H and O–H groups in total. The summed E-state index contributed by atoms with van der Waals surface area (Å²) in [7, 11) is 0. The zero-order valence-electron chi connectivity index (χ0n) is 8.59. The predicted octanol–water partition coefficient (Wildman–Crippen LogP) is 2.29. The highest BCUT2D eigenvalue weighted by Gasteiger charge is 2.10. The first-order valence-corrected chi connectivity index (χ1v) is 4.75. The minimum absolute atomic E-state index is 0.0368. The van der Waals surface area contributed by atoms with Crippen LogP contribution >= 0.6 is 0 Å². The van der Waals surface area contributed by atoms with Crippen LogP contribution in [-0.2, 0) is 0 Å². The highest BCUT2D eigenvalue weighted by Crippen LogP contribution is 2.26. The van der Waals surface area contributed by atoms with Gasteiger partial charge in [-0.25, -0.2) is 9.18 Å². The number of hydrogen-bond donors (Lipinski definition) is 2. The molecule has 0 aliphatic rings. The maximum absolute atomic E-state index is 13.5. The average Bonchev–Trinajstić information content (AvgIpc) is 2.32. The molecule has 17 heavy (non-hydrogen) atoms. The first-order chi connectivity index (χ1) is 8.08. The average molecular weight is 233 g/mol. The van der Waals surface area contributed by atoms with E-state index in [0.717, 1.165) is 6.07 Å². The van der Waals surface area contributed by atoms with Crippen molar-refractivity contribution in [2.45, 2.75) is 0 Å². The number of phenols is 1. The summed E-state index contributed by atoms with van der Waals surface area (Å²) in [6.45, 7) is 0. The van der Waals surface area contributed by atoms with Crippen LogP contribution in [0.2, 0.25) is 0 Å². The number of pyridine rings is 1. The number of aromatic nitrogens is 1. The van der Waals surface area contributed by atoms with Gasteiger partial charge in [-0.15, -0.1) is 0 Å². The molecule has 0 aliphatic heterocycles. The zero-order chi connectivity index (χ0) is 12.4. The Hall–Kier alpha value is -2.43. The van der Waals surface area contributed by atoms with Gasteiger partial charge in [0.1, 0.15) is 11.6 Å². The molecule has 0 aliphatic carbocycles. The van der Waals surface area contributed by atoms with Gasteiger partial charge in [-0.3, -0.25) is 4.98 Å². The number of aromatic carboxylic acids is 1. The third-order valence-corrected chi connectivity index (χ3v) is 2.25. The first kappa shape index (κ1) is 11.1. The molecule has 0 fully saturated rings. The second-order valence-corrected chi connectivity index (χ2v) is 3.43. The van der Waals surface area contributed by atoms with Crippen molar-refractivity contribution in [2.24, 2.45) is 0 Å². The standard InChI is InChI=1S/C12H8FNO3/c13-11-2-1-9(15)4-10(11)7-3-8(12(16)17)6-14-5-7/h1-6,15H,(H,16,17). The zero-order valence-corrected chi connectivity index (χ0v) is 8.59. The fourth-order valence-electron chi connectivity index (χ4n) is 1.44. The molecule has 0 spiro atoms. The summed E-state index contributed by atoms with van der Waals surface area (Å²) in [4.78, 5) is 14.5. The Kier molecular flexibility index (Phi) is 2.74. The normalized spacial score (nSPS) is 10.2. The second-order valence-electron chi connectivity index (χ2n) is 3.43. The lowest BCUT2D eigenvalue weighted by atomic mass is 10.1. The van der Waals surface area contributed by atoms with Gasteiger partial charge in [0.15, 0.2) is 0 Å². The Balaban J connectivity index is 2.56. The molecule has 0 saturated carbocycles. The molecule has 2 rings (SSSR count). The van der Waals surface area contributed by atoms with Gasteiger partial charge in [0.25, 0.3) is 0 Å². The molecule has 1 aromatic heterocycles. The summed E-state index contributed by atoms with van der Waals surface area (Å²) in [5.74, 6) is -1.78. The van der Waals surface area contributed by atoms with E-state index >= 15 is 0 Å². The van der Waals surface area contributed by atoms with E-state index < -0.39 is 11.8 Å². The van der Waals surface area contributed by atoms with Gasteiger partial charge in [-0.2, -0.15) is 0 Å². The number of carbonyl (C=O) groups is 1. The third-order valence-electron chi connectivity index (χ3n) is 2.25. The minimum Gasteiger partial charge on any atom is -0.508 e. The van der Waals surface area contributed by atoms with Crippen molar-refractivity contribution >= 4 is 5.97 Å². The summed E-state index contributed by atoms with van der Waals surface area (Å²) in [5, 5.41) is 18.1. The highest BCUT2D eigenvalue weighted by atomic mass is 19.1. The van der Waals surface area contributed by atoms with Gasteiger partial charge in [0, 0.05) is 23.5 Å². The summed E-state index contributed by atoms with van der Waals surface area (Å²) in [6.07, 6.45) is 2.51. The van der Waals surface area contributed by atoms with Crippen LogP contribution in [-0.4, -0.2) is 21.2 Å². The monoisotopic (exact) mass is 233 g/mol. The molecule has 5 heteroatoms. The minimum atomic E-state index is -1.14. The maximum atomic E-state index is 13.5. The van der Waals surface area contributed by atoms with E-state index in [1.807, 2.05) is 0 Å². The quantitative estimate of drug-likeness (QED) is 0.834. The summed E-state index contributed by atoms with van der Waals surface area (Å²) in [6, 6.07) is 4.84. The Morgan fingerprint density at radius 3 is 2.71 bits per heavy atom.